The molecule has 0 aromatic heterocycles. The largest absolute Gasteiger partial charge is 0.313 e. The summed E-state index contributed by atoms with van der Waals surface area (Å²) in [5.74, 6) is -0.136. The summed E-state index contributed by atoms with van der Waals surface area (Å²) in [5.41, 5.74) is 5.50. The third-order valence-corrected chi connectivity index (χ3v) is 3.67. The molecule has 0 heterocycles. The topological polar surface area (TPSA) is 12.0 Å². The predicted molar refractivity (Wildman–Crippen MR) is 82.6 cm³/mol. The van der Waals surface area contributed by atoms with E-state index < -0.39 is 0 Å². The Morgan fingerprint density at radius 3 is 2.20 bits per heavy atom. The molecule has 0 fully saturated rings. The fraction of sp³-hybridized carbons (Fsp3) is 0.333. The molecule has 106 valence electrons. The van der Waals surface area contributed by atoms with Gasteiger partial charge in [-0.3, -0.25) is 0 Å². The molecule has 0 aliphatic rings. The van der Waals surface area contributed by atoms with Crippen LogP contribution in [0.25, 0.3) is 0 Å². The van der Waals surface area contributed by atoms with E-state index in [-0.39, 0.29) is 11.9 Å². The van der Waals surface area contributed by atoms with E-state index in [4.69, 9.17) is 0 Å². The minimum atomic E-state index is -0.136. The van der Waals surface area contributed by atoms with E-state index in [1.165, 1.54) is 16.7 Å². The average molecular weight is 271 g/mol. The molecule has 1 unspecified atom stereocenters. The molecule has 2 aromatic rings. The van der Waals surface area contributed by atoms with Crippen LogP contribution in [0.1, 0.15) is 33.9 Å². The maximum Gasteiger partial charge on any atom is 0.126 e. The van der Waals surface area contributed by atoms with Crippen LogP contribution in [0.5, 0.6) is 0 Å². The van der Waals surface area contributed by atoms with Crippen LogP contribution >= 0.6 is 0 Å². The van der Waals surface area contributed by atoms with Gasteiger partial charge in [0.15, 0.2) is 0 Å². The quantitative estimate of drug-likeness (QED) is 0.876. The van der Waals surface area contributed by atoms with Crippen LogP contribution in [0.4, 0.5) is 4.39 Å². The summed E-state index contributed by atoms with van der Waals surface area (Å²) in [6.45, 7) is 6.00. The number of aryl methyl sites for hydroxylation is 3. The Bertz CT molecular complexity index is 584. The van der Waals surface area contributed by atoms with E-state index in [1.54, 1.807) is 13.0 Å². The fourth-order valence-electron chi connectivity index (χ4n) is 2.63. The zero-order valence-electron chi connectivity index (χ0n) is 12.6. The molecule has 1 atom stereocenters. The number of likely N-dealkylation sites (N-methyl/N-ethyl adjacent to an activating group) is 1. The van der Waals surface area contributed by atoms with Crippen molar-refractivity contribution in [2.24, 2.45) is 0 Å². The highest BCUT2D eigenvalue weighted by molar-refractivity contribution is 5.32. The van der Waals surface area contributed by atoms with Gasteiger partial charge in [-0.05, 0) is 57.0 Å². The van der Waals surface area contributed by atoms with Crippen molar-refractivity contribution in [2.45, 2.75) is 33.2 Å². The van der Waals surface area contributed by atoms with Crippen molar-refractivity contribution in [2.75, 3.05) is 7.05 Å². The Balaban J connectivity index is 2.26. The van der Waals surface area contributed by atoms with Gasteiger partial charge in [-0.1, -0.05) is 41.5 Å². The summed E-state index contributed by atoms with van der Waals surface area (Å²) in [7, 11) is 1.92. The molecule has 1 nitrogen and oxygen atoms in total. The Kier molecular flexibility index (Phi) is 4.56. The summed E-state index contributed by atoms with van der Waals surface area (Å²) in [4.78, 5) is 0. The van der Waals surface area contributed by atoms with Crippen LogP contribution in [0.2, 0.25) is 0 Å². The van der Waals surface area contributed by atoms with Crippen molar-refractivity contribution < 1.29 is 4.39 Å². The van der Waals surface area contributed by atoms with E-state index in [1.807, 2.05) is 19.2 Å². The van der Waals surface area contributed by atoms with E-state index in [9.17, 15) is 4.39 Å². The van der Waals surface area contributed by atoms with Crippen molar-refractivity contribution in [3.05, 3.63) is 70.0 Å². The first-order valence-electron chi connectivity index (χ1n) is 7.00. The zero-order chi connectivity index (χ0) is 14.7. The first-order valence-corrected chi connectivity index (χ1v) is 7.00. The molecule has 20 heavy (non-hydrogen) atoms. The SMILES string of the molecule is CNC(Cc1cc(C)cc(C)c1)c1ccc(C)c(F)c1. The van der Waals surface area contributed by atoms with Crippen molar-refractivity contribution in [1.29, 1.82) is 0 Å². The van der Waals surface area contributed by atoms with Gasteiger partial charge in [-0.15, -0.1) is 0 Å². The highest BCUT2D eigenvalue weighted by atomic mass is 19.1. The molecule has 0 amide bonds. The molecule has 0 saturated carbocycles. The summed E-state index contributed by atoms with van der Waals surface area (Å²) in [5, 5.41) is 3.29. The van der Waals surface area contributed by atoms with Gasteiger partial charge in [0.05, 0.1) is 0 Å². The molecule has 0 spiro atoms. The lowest BCUT2D eigenvalue weighted by Crippen LogP contribution is -2.19. The number of halogens is 1. The summed E-state index contributed by atoms with van der Waals surface area (Å²) < 4.78 is 13.7. The highest BCUT2D eigenvalue weighted by Gasteiger charge is 2.12. The van der Waals surface area contributed by atoms with Crippen LogP contribution in [0, 0.1) is 26.6 Å². The molecule has 2 heteroatoms. The molecule has 0 aliphatic carbocycles. The number of nitrogens with one attached hydrogen (secondary N) is 1. The predicted octanol–water partition coefficient (Wildman–Crippen LogP) is 4.25. The van der Waals surface area contributed by atoms with Gasteiger partial charge in [-0.25, -0.2) is 4.39 Å². The van der Waals surface area contributed by atoms with Gasteiger partial charge >= 0.3 is 0 Å². The maximum absolute atomic E-state index is 13.7. The van der Waals surface area contributed by atoms with Gasteiger partial charge in [0.25, 0.3) is 0 Å². The van der Waals surface area contributed by atoms with E-state index in [0.29, 0.717) is 5.56 Å². The van der Waals surface area contributed by atoms with E-state index in [0.717, 1.165) is 12.0 Å². The molecular weight excluding hydrogens is 249 g/mol. The fourth-order valence-corrected chi connectivity index (χ4v) is 2.63. The molecule has 2 rings (SSSR count). The Labute approximate surface area is 120 Å². The lowest BCUT2D eigenvalue weighted by molar-refractivity contribution is 0.574. The lowest BCUT2D eigenvalue weighted by atomic mass is 9.96. The van der Waals surface area contributed by atoms with Crippen LogP contribution in [0.3, 0.4) is 0 Å². The minimum absolute atomic E-state index is 0.131. The van der Waals surface area contributed by atoms with Crippen LogP contribution in [0.15, 0.2) is 36.4 Å². The molecule has 2 aromatic carbocycles. The molecule has 0 bridgehead atoms. The second-order valence-electron chi connectivity index (χ2n) is 5.55. The van der Waals surface area contributed by atoms with Gasteiger partial charge in [0, 0.05) is 6.04 Å². The van der Waals surface area contributed by atoms with Gasteiger partial charge < -0.3 is 5.32 Å². The van der Waals surface area contributed by atoms with Crippen LogP contribution in [-0.4, -0.2) is 7.05 Å². The zero-order valence-corrected chi connectivity index (χ0v) is 12.6. The molecule has 0 radical (unpaired) electrons. The summed E-state index contributed by atoms with van der Waals surface area (Å²) in [6, 6.07) is 12.2. The third-order valence-electron chi connectivity index (χ3n) is 3.67. The van der Waals surface area contributed by atoms with Crippen molar-refractivity contribution in [1.82, 2.24) is 5.32 Å². The maximum atomic E-state index is 13.7. The van der Waals surface area contributed by atoms with Crippen LogP contribution < -0.4 is 5.32 Å². The summed E-state index contributed by atoms with van der Waals surface area (Å²) in [6.07, 6.45) is 0.863. The Morgan fingerprint density at radius 1 is 1.00 bits per heavy atom. The lowest BCUT2D eigenvalue weighted by Gasteiger charge is -2.18. The number of benzene rings is 2. The Morgan fingerprint density at radius 2 is 1.65 bits per heavy atom. The Hall–Kier alpha value is -1.67. The number of hydrogen-bond acceptors (Lipinski definition) is 1. The smallest absolute Gasteiger partial charge is 0.126 e. The standard InChI is InChI=1S/C18H22FN/c1-12-7-13(2)9-15(8-12)10-18(20-4)16-6-5-14(3)17(19)11-16/h5-9,11,18,20H,10H2,1-4H3. The normalized spacial score (nSPS) is 12.4. The molecule has 0 aliphatic heterocycles. The van der Waals surface area contributed by atoms with Gasteiger partial charge in [0.1, 0.15) is 5.82 Å². The monoisotopic (exact) mass is 271 g/mol. The summed E-state index contributed by atoms with van der Waals surface area (Å²) >= 11 is 0. The van der Waals surface area contributed by atoms with Gasteiger partial charge in [0.2, 0.25) is 0 Å². The van der Waals surface area contributed by atoms with Crippen LogP contribution in [-0.2, 0) is 6.42 Å². The second-order valence-corrected chi connectivity index (χ2v) is 5.55. The highest BCUT2D eigenvalue weighted by Crippen LogP contribution is 2.21. The first kappa shape index (κ1) is 14.7. The number of rotatable bonds is 4. The van der Waals surface area contributed by atoms with E-state index >= 15 is 0 Å². The van der Waals surface area contributed by atoms with Crippen molar-refractivity contribution in [3.8, 4) is 0 Å². The van der Waals surface area contributed by atoms with Crippen molar-refractivity contribution in [3.63, 3.8) is 0 Å². The van der Waals surface area contributed by atoms with Gasteiger partial charge in [-0.2, -0.15) is 0 Å². The van der Waals surface area contributed by atoms with Crippen molar-refractivity contribution >= 4 is 0 Å². The third kappa shape index (κ3) is 3.45. The molecule has 1 N–H and O–H groups in total. The minimum Gasteiger partial charge on any atom is -0.313 e. The first-order chi connectivity index (χ1) is 9.49. The van der Waals surface area contributed by atoms with E-state index in [2.05, 4.69) is 37.4 Å². The second kappa shape index (κ2) is 6.19. The molecular formula is C18H22FN. The molecule has 0 saturated heterocycles. The number of hydrogen-bond donors (Lipinski definition) is 1. The average Bonchev–Trinajstić information content (AvgIpc) is 2.38.